The first-order valence-corrected chi connectivity index (χ1v) is 6.35. The van der Waals surface area contributed by atoms with Gasteiger partial charge in [0, 0.05) is 22.5 Å². The van der Waals surface area contributed by atoms with E-state index in [2.05, 4.69) is 11.6 Å². The molecule has 2 aromatic rings. The summed E-state index contributed by atoms with van der Waals surface area (Å²) in [6, 6.07) is 5.82. The van der Waals surface area contributed by atoms with Crippen molar-refractivity contribution in [1.82, 2.24) is 4.98 Å². The average Bonchev–Trinajstić information content (AvgIpc) is 2.33. The molecule has 0 amide bonds. The van der Waals surface area contributed by atoms with E-state index < -0.39 is 0 Å². The van der Waals surface area contributed by atoms with Crippen LogP contribution in [0.2, 0.25) is 0 Å². The summed E-state index contributed by atoms with van der Waals surface area (Å²) in [5.74, 6) is 0.790. The Bertz CT molecular complexity index is 675. The number of aromatic amines is 1. The van der Waals surface area contributed by atoms with Crippen LogP contribution in [-0.2, 0) is 6.42 Å². The van der Waals surface area contributed by atoms with Crippen molar-refractivity contribution in [2.24, 2.45) is 0 Å². The quantitative estimate of drug-likeness (QED) is 0.836. The molecule has 1 aromatic carbocycles. The molecule has 18 heavy (non-hydrogen) atoms. The zero-order valence-corrected chi connectivity index (χ0v) is 11.9. The predicted molar refractivity (Wildman–Crippen MR) is 79.1 cm³/mol. The SMILES string of the molecule is C=C(Cl)Cc1c(C)[nH]c2c(OC)cccc2c1=S. The Labute approximate surface area is 116 Å². The maximum atomic E-state index is 5.89. The van der Waals surface area contributed by atoms with Crippen molar-refractivity contribution in [3.8, 4) is 5.75 Å². The number of pyridine rings is 1. The minimum Gasteiger partial charge on any atom is -0.495 e. The Kier molecular flexibility index (Phi) is 3.73. The number of rotatable bonds is 3. The Morgan fingerprint density at radius 1 is 1.50 bits per heavy atom. The lowest BCUT2D eigenvalue weighted by Crippen LogP contribution is -1.97. The molecule has 0 saturated heterocycles. The van der Waals surface area contributed by atoms with Crippen molar-refractivity contribution in [1.29, 1.82) is 0 Å². The molecule has 0 aliphatic carbocycles. The molecule has 0 unspecified atom stereocenters. The number of hydrogen-bond donors (Lipinski definition) is 1. The highest BCUT2D eigenvalue weighted by Gasteiger charge is 2.09. The van der Waals surface area contributed by atoms with Crippen LogP contribution < -0.4 is 4.74 Å². The Morgan fingerprint density at radius 3 is 2.83 bits per heavy atom. The lowest BCUT2D eigenvalue weighted by atomic mass is 10.1. The fourth-order valence-electron chi connectivity index (χ4n) is 2.02. The van der Waals surface area contributed by atoms with Gasteiger partial charge < -0.3 is 9.72 Å². The topological polar surface area (TPSA) is 25.0 Å². The van der Waals surface area contributed by atoms with Gasteiger partial charge in [-0.25, -0.2) is 0 Å². The molecule has 0 aliphatic rings. The van der Waals surface area contributed by atoms with Crippen LogP contribution in [0.5, 0.6) is 5.75 Å². The summed E-state index contributed by atoms with van der Waals surface area (Å²) in [5.41, 5.74) is 2.94. The van der Waals surface area contributed by atoms with Crippen molar-refractivity contribution >= 4 is 34.7 Å². The number of para-hydroxylation sites is 1. The van der Waals surface area contributed by atoms with Gasteiger partial charge in [0.15, 0.2) is 0 Å². The molecule has 0 fully saturated rings. The van der Waals surface area contributed by atoms with E-state index in [0.717, 1.165) is 32.4 Å². The number of methoxy groups -OCH3 is 1. The molecular formula is C14H14ClNOS. The minimum atomic E-state index is 0.579. The molecule has 0 radical (unpaired) electrons. The van der Waals surface area contributed by atoms with Crippen LogP contribution in [0.3, 0.4) is 0 Å². The molecule has 0 spiro atoms. The van der Waals surface area contributed by atoms with Gasteiger partial charge in [0.05, 0.1) is 17.1 Å². The van der Waals surface area contributed by atoms with E-state index in [9.17, 15) is 0 Å². The lowest BCUT2D eigenvalue weighted by Gasteiger charge is -2.11. The number of benzene rings is 1. The van der Waals surface area contributed by atoms with Crippen LogP contribution in [-0.4, -0.2) is 12.1 Å². The van der Waals surface area contributed by atoms with Crippen LogP contribution in [0.1, 0.15) is 11.3 Å². The van der Waals surface area contributed by atoms with E-state index in [-0.39, 0.29) is 0 Å². The van der Waals surface area contributed by atoms with Crippen molar-refractivity contribution in [3.63, 3.8) is 0 Å². The highest BCUT2D eigenvalue weighted by molar-refractivity contribution is 7.71. The van der Waals surface area contributed by atoms with Crippen molar-refractivity contribution in [3.05, 3.63) is 45.6 Å². The summed E-state index contributed by atoms with van der Waals surface area (Å²) in [6.07, 6.45) is 0.579. The summed E-state index contributed by atoms with van der Waals surface area (Å²) >= 11 is 11.4. The first-order chi connectivity index (χ1) is 8.54. The molecular weight excluding hydrogens is 266 g/mol. The summed E-state index contributed by atoms with van der Waals surface area (Å²) in [5, 5.41) is 1.56. The van der Waals surface area contributed by atoms with Gasteiger partial charge in [0.1, 0.15) is 5.75 Å². The first-order valence-electron chi connectivity index (χ1n) is 5.56. The minimum absolute atomic E-state index is 0.579. The average molecular weight is 280 g/mol. The molecule has 1 aromatic heterocycles. The van der Waals surface area contributed by atoms with E-state index in [1.165, 1.54) is 0 Å². The third kappa shape index (κ3) is 2.28. The number of fused-ring (bicyclic) bond motifs is 1. The highest BCUT2D eigenvalue weighted by Crippen LogP contribution is 2.28. The van der Waals surface area contributed by atoms with Crippen molar-refractivity contribution in [2.75, 3.05) is 7.11 Å². The Balaban J connectivity index is 2.79. The number of H-pyrrole nitrogens is 1. The molecule has 2 rings (SSSR count). The van der Waals surface area contributed by atoms with Crippen LogP contribution in [0.4, 0.5) is 0 Å². The fourth-order valence-corrected chi connectivity index (χ4v) is 2.55. The Hall–Kier alpha value is -1.32. The van der Waals surface area contributed by atoms with E-state index >= 15 is 0 Å². The van der Waals surface area contributed by atoms with Crippen LogP contribution in [0.25, 0.3) is 10.9 Å². The van der Waals surface area contributed by atoms with Gasteiger partial charge in [-0.3, -0.25) is 0 Å². The number of halogens is 1. The molecule has 0 aliphatic heterocycles. The molecule has 2 nitrogen and oxygen atoms in total. The van der Waals surface area contributed by atoms with Crippen LogP contribution >= 0.6 is 23.8 Å². The van der Waals surface area contributed by atoms with Gasteiger partial charge in [0.2, 0.25) is 0 Å². The number of allylic oxidation sites excluding steroid dienone is 1. The number of aryl methyl sites for hydroxylation is 1. The Morgan fingerprint density at radius 2 is 2.22 bits per heavy atom. The molecule has 0 bridgehead atoms. The van der Waals surface area contributed by atoms with Gasteiger partial charge in [-0.2, -0.15) is 0 Å². The molecule has 94 valence electrons. The second-order valence-electron chi connectivity index (χ2n) is 4.13. The van der Waals surface area contributed by atoms with E-state index in [4.69, 9.17) is 28.6 Å². The molecule has 1 heterocycles. The summed E-state index contributed by atoms with van der Waals surface area (Å²) in [4.78, 5) is 3.33. The summed E-state index contributed by atoms with van der Waals surface area (Å²) in [6.45, 7) is 5.71. The summed E-state index contributed by atoms with van der Waals surface area (Å²) < 4.78 is 6.14. The molecule has 4 heteroatoms. The second kappa shape index (κ2) is 5.12. The maximum absolute atomic E-state index is 5.89. The van der Waals surface area contributed by atoms with Gasteiger partial charge in [-0.15, -0.1) is 0 Å². The predicted octanol–water partition coefficient (Wildman–Crippen LogP) is 4.51. The van der Waals surface area contributed by atoms with Crippen LogP contribution in [0.15, 0.2) is 29.8 Å². The molecule has 0 saturated carbocycles. The lowest BCUT2D eigenvalue weighted by molar-refractivity contribution is 0.419. The number of ether oxygens (including phenoxy) is 1. The highest BCUT2D eigenvalue weighted by atomic mass is 35.5. The van der Waals surface area contributed by atoms with E-state index in [0.29, 0.717) is 11.5 Å². The zero-order valence-electron chi connectivity index (χ0n) is 10.3. The third-order valence-corrected chi connectivity index (χ3v) is 3.50. The van der Waals surface area contributed by atoms with Crippen molar-refractivity contribution in [2.45, 2.75) is 13.3 Å². The fraction of sp³-hybridized carbons (Fsp3) is 0.214. The van der Waals surface area contributed by atoms with Gasteiger partial charge >= 0.3 is 0 Å². The normalized spacial score (nSPS) is 10.6. The summed E-state index contributed by atoms with van der Waals surface area (Å²) in [7, 11) is 1.65. The number of hydrogen-bond acceptors (Lipinski definition) is 2. The monoisotopic (exact) mass is 279 g/mol. The van der Waals surface area contributed by atoms with Gasteiger partial charge in [-0.05, 0) is 18.6 Å². The maximum Gasteiger partial charge on any atom is 0.142 e. The number of aromatic nitrogens is 1. The standard InChI is InChI=1S/C14H14ClNOS/c1-8(15)7-11-9(2)16-13-10(14(11)18)5-4-6-12(13)17-3/h4-6H,1,7H2,2-3H3,(H,16,18). The molecule has 0 atom stereocenters. The second-order valence-corrected chi connectivity index (χ2v) is 5.08. The van der Waals surface area contributed by atoms with Gasteiger partial charge in [0.25, 0.3) is 0 Å². The number of nitrogens with one attached hydrogen (secondary N) is 1. The van der Waals surface area contributed by atoms with Gasteiger partial charge in [-0.1, -0.05) is 42.5 Å². The first kappa shape index (κ1) is 13.1. The smallest absolute Gasteiger partial charge is 0.142 e. The van der Waals surface area contributed by atoms with E-state index in [1.807, 2.05) is 25.1 Å². The zero-order chi connectivity index (χ0) is 13.3. The largest absolute Gasteiger partial charge is 0.495 e. The molecule has 1 N–H and O–H groups in total. The van der Waals surface area contributed by atoms with Crippen molar-refractivity contribution < 1.29 is 4.74 Å². The third-order valence-electron chi connectivity index (χ3n) is 2.90. The van der Waals surface area contributed by atoms with Crippen LogP contribution in [0, 0.1) is 11.4 Å². The van der Waals surface area contributed by atoms with E-state index in [1.54, 1.807) is 7.11 Å².